The van der Waals surface area contributed by atoms with Crippen molar-refractivity contribution < 1.29 is 26.3 Å². The van der Waals surface area contributed by atoms with E-state index in [1.165, 1.54) is 0 Å². The largest absolute Gasteiger partial charge is 0.418 e. The number of hydrogen-bond donors (Lipinski definition) is 0. The monoisotopic (exact) mass is 356 g/mol. The van der Waals surface area contributed by atoms with Gasteiger partial charge in [0.2, 0.25) is 3.78 Å². The molecule has 0 nitrogen and oxygen atoms in total. The van der Waals surface area contributed by atoms with Crippen molar-refractivity contribution in [1.29, 1.82) is 0 Å². The van der Waals surface area contributed by atoms with Crippen molar-refractivity contribution in [2.75, 3.05) is 0 Å². The Balaban J connectivity index is 4.86. The molecule has 0 aliphatic heterocycles. The van der Waals surface area contributed by atoms with Crippen molar-refractivity contribution in [3.8, 4) is 0 Å². The van der Waals surface area contributed by atoms with Crippen LogP contribution in [0.25, 0.3) is 0 Å². The molecule has 0 spiro atoms. The lowest BCUT2D eigenvalue weighted by Crippen LogP contribution is -2.48. The highest BCUT2D eigenvalue weighted by Gasteiger charge is 2.64. The smallest absolute Gasteiger partial charge is 0.170 e. The second-order valence-corrected chi connectivity index (χ2v) is 5.24. The molecule has 0 saturated heterocycles. The Labute approximate surface area is 90.9 Å². The molecule has 0 bridgehead atoms. The normalized spacial score (nSPS) is 21.0. The molecule has 0 unspecified atom stereocenters. The van der Waals surface area contributed by atoms with Gasteiger partial charge in [0, 0.05) is 0 Å². The molecule has 80 valence electrons. The molecule has 0 aromatic carbocycles. The number of rotatable bonds is 1. The van der Waals surface area contributed by atoms with Crippen LogP contribution in [0.1, 0.15) is 0 Å². The Morgan fingerprint density at radius 3 is 1.38 bits per heavy atom. The van der Waals surface area contributed by atoms with Crippen molar-refractivity contribution in [1.82, 2.24) is 0 Å². The summed E-state index contributed by atoms with van der Waals surface area (Å²) in [6.07, 6.45) is -10.3. The molecular formula is C4HBr2ClF6. The second kappa shape index (κ2) is 3.77. The van der Waals surface area contributed by atoms with Crippen molar-refractivity contribution in [3.63, 3.8) is 0 Å². The first-order valence-electron chi connectivity index (χ1n) is 2.56. The minimum absolute atomic E-state index is 1.78. The van der Waals surface area contributed by atoms with Crippen molar-refractivity contribution >= 4 is 43.5 Å². The van der Waals surface area contributed by atoms with Crippen molar-refractivity contribution in [2.24, 2.45) is 0 Å². The summed E-state index contributed by atoms with van der Waals surface area (Å²) in [5.41, 5.74) is 0. The Morgan fingerprint density at radius 1 is 1.00 bits per heavy atom. The van der Waals surface area contributed by atoms with Gasteiger partial charge in [0.05, 0.1) is 0 Å². The first kappa shape index (κ1) is 13.8. The topological polar surface area (TPSA) is 0 Å². The predicted molar refractivity (Wildman–Crippen MR) is 42.3 cm³/mol. The lowest BCUT2D eigenvalue weighted by atomic mass is 10.3. The number of halogens is 9. The van der Waals surface area contributed by atoms with Gasteiger partial charge < -0.3 is 0 Å². The molecular weight excluding hydrogens is 357 g/mol. The van der Waals surface area contributed by atoms with Crippen LogP contribution in [0.15, 0.2) is 0 Å². The van der Waals surface area contributed by atoms with Gasteiger partial charge in [0.15, 0.2) is 0 Å². The summed E-state index contributed by atoms with van der Waals surface area (Å²) in [5.74, 6) is 0. The molecule has 0 saturated carbocycles. The molecule has 0 rings (SSSR count). The Kier molecular flexibility index (Phi) is 4.01. The highest BCUT2D eigenvalue weighted by atomic mass is 79.9. The van der Waals surface area contributed by atoms with Gasteiger partial charge >= 0.3 is 12.4 Å². The van der Waals surface area contributed by atoms with E-state index in [0.717, 1.165) is 0 Å². The van der Waals surface area contributed by atoms with Crippen LogP contribution >= 0.6 is 43.5 Å². The average molecular weight is 358 g/mol. The van der Waals surface area contributed by atoms with Crippen LogP contribution in [0.4, 0.5) is 26.3 Å². The van der Waals surface area contributed by atoms with Crippen LogP contribution in [0.5, 0.6) is 0 Å². The zero-order valence-corrected chi connectivity index (χ0v) is 9.41. The van der Waals surface area contributed by atoms with E-state index in [2.05, 4.69) is 11.6 Å². The van der Waals surface area contributed by atoms with Gasteiger partial charge in [-0.2, -0.15) is 26.3 Å². The van der Waals surface area contributed by atoms with Gasteiger partial charge in [-0.15, -0.1) is 0 Å². The first-order chi connectivity index (χ1) is 5.40. The summed E-state index contributed by atoms with van der Waals surface area (Å²) in [7, 11) is 0. The summed E-state index contributed by atoms with van der Waals surface area (Å²) in [5, 5.41) is 0. The van der Waals surface area contributed by atoms with Crippen molar-refractivity contribution in [3.05, 3.63) is 0 Å². The maximum atomic E-state index is 11.9. The van der Waals surface area contributed by atoms with E-state index in [-0.39, 0.29) is 0 Å². The number of alkyl halides is 9. The third kappa shape index (κ3) is 3.16. The standard InChI is InChI=1S/C4HBr2ClF6/c5-1(3(8,9)10)2(6,7)4(11,12)13/h1H/t1-,2+/m0/s1. The zero-order chi connectivity index (χ0) is 11.1. The minimum Gasteiger partial charge on any atom is -0.170 e. The third-order valence-corrected chi connectivity index (χ3v) is 4.41. The van der Waals surface area contributed by atoms with Gasteiger partial charge in [0.25, 0.3) is 0 Å². The summed E-state index contributed by atoms with van der Waals surface area (Å²) in [6, 6.07) is 0. The van der Waals surface area contributed by atoms with Crippen LogP contribution in [0.3, 0.4) is 0 Å². The van der Waals surface area contributed by atoms with Crippen LogP contribution in [0, 0.1) is 0 Å². The van der Waals surface area contributed by atoms with Crippen LogP contribution < -0.4 is 0 Å². The molecule has 0 aromatic rings. The predicted octanol–water partition coefficient (Wildman–Crippen LogP) is 4.20. The van der Waals surface area contributed by atoms with Gasteiger partial charge in [0.1, 0.15) is 4.83 Å². The molecule has 0 amide bonds. The van der Waals surface area contributed by atoms with Gasteiger partial charge in [-0.05, 0) is 0 Å². The van der Waals surface area contributed by atoms with Gasteiger partial charge in [-0.1, -0.05) is 43.5 Å². The van der Waals surface area contributed by atoms with E-state index >= 15 is 0 Å². The molecule has 13 heavy (non-hydrogen) atoms. The van der Waals surface area contributed by atoms with E-state index < -0.39 is 21.0 Å². The molecule has 0 N–H and O–H groups in total. The van der Waals surface area contributed by atoms with Crippen LogP contribution in [0.2, 0.25) is 0 Å². The maximum Gasteiger partial charge on any atom is 0.418 e. The molecule has 0 radical (unpaired) electrons. The molecule has 0 aliphatic carbocycles. The third-order valence-electron chi connectivity index (χ3n) is 0.984. The Morgan fingerprint density at radius 2 is 1.31 bits per heavy atom. The fourth-order valence-corrected chi connectivity index (χ4v) is 0.992. The SMILES string of the molecule is FC(F)(F)[C@@H](Br)[C@](Cl)(Br)C(F)(F)F. The lowest BCUT2D eigenvalue weighted by molar-refractivity contribution is -0.179. The summed E-state index contributed by atoms with van der Waals surface area (Å²) < 4.78 is 67.6. The quantitative estimate of drug-likeness (QED) is 0.487. The molecule has 0 heterocycles. The molecule has 0 fully saturated rings. The van der Waals surface area contributed by atoms with E-state index in [1.54, 1.807) is 15.9 Å². The number of hydrogen-bond acceptors (Lipinski definition) is 0. The maximum absolute atomic E-state index is 11.9. The van der Waals surface area contributed by atoms with Gasteiger partial charge in [-0.3, -0.25) is 0 Å². The minimum atomic E-state index is -5.21. The molecule has 2 atom stereocenters. The Bertz CT molecular complexity index is 184. The van der Waals surface area contributed by atoms with E-state index in [9.17, 15) is 26.3 Å². The summed E-state index contributed by atoms with van der Waals surface area (Å²) >= 11 is 8.28. The molecule has 0 aromatic heterocycles. The van der Waals surface area contributed by atoms with E-state index in [4.69, 9.17) is 0 Å². The summed E-state index contributed by atoms with van der Waals surface area (Å²) in [6.45, 7) is 0. The molecule has 0 aliphatic rings. The fourth-order valence-electron chi connectivity index (χ4n) is 0.349. The average Bonchev–Trinajstić information content (AvgIpc) is 1.81. The van der Waals surface area contributed by atoms with E-state index in [1.807, 2.05) is 15.9 Å². The van der Waals surface area contributed by atoms with Crippen molar-refractivity contribution in [2.45, 2.75) is 21.0 Å². The van der Waals surface area contributed by atoms with Crippen LogP contribution in [-0.2, 0) is 0 Å². The highest BCUT2D eigenvalue weighted by Crippen LogP contribution is 2.51. The Hall–Kier alpha value is 0.830. The summed E-state index contributed by atoms with van der Waals surface area (Å²) in [4.78, 5) is -2.91. The fraction of sp³-hybridized carbons (Fsp3) is 1.00. The second-order valence-electron chi connectivity index (χ2n) is 2.02. The van der Waals surface area contributed by atoms with E-state index in [0.29, 0.717) is 0 Å². The first-order valence-corrected chi connectivity index (χ1v) is 4.64. The lowest BCUT2D eigenvalue weighted by Gasteiger charge is -2.29. The van der Waals surface area contributed by atoms with Gasteiger partial charge in [-0.25, -0.2) is 0 Å². The zero-order valence-electron chi connectivity index (χ0n) is 5.48. The highest BCUT2D eigenvalue weighted by molar-refractivity contribution is 9.13. The van der Waals surface area contributed by atoms with Crippen LogP contribution in [-0.4, -0.2) is 21.0 Å². The molecule has 9 heteroatoms.